The molecular weight excluding hydrogens is 687 g/mol. The number of allylic oxidation sites excluding steroid dienone is 2. The maximum atomic E-state index is 2.87. The van der Waals surface area contributed by atoms with Crippen molar-refractivity contribution in [3.8, 4) is 22.3 Å². The van der Waals surface area contributed by atoms with Gasteiger partial charge in [0.1, 0.15) is 0 Å². The normalized spacial score (nSPS) is 20.2. The molecule has 0 saturated carbocycles. The van der Waals surface area contributed by atoms with Crippen LogP contribution in [0.25, 0.3) is 34.4 Å². The number of aryl methyl sites for hydroxylation is 2. The molecule has 0 amide bonds. The summed E-state index contributed by atoms with van der Waals surface area (Å²) in [7, 11) is 0. The number of hydrogen-bond donors (Lipinski definition) is 0. The number of rotatable bonds is 6. The summed E-state index contributed by atoms with van der Waals surface area (Å²) in [4.78, 5) is 0. The van der Waals surface area contributed by atoms with Gasteiger partial charge in [-0.25, -0.2) is 0 Å². The van der Waals surface area contributed by atoms with E-state index in [4.69, 9.17) is 0 Å². The fraction of sp³-hybridized carbons (Fsp3) is 0.300. The van der Waals surface area contributed by atoms with Crippen LogP contribution in [-0.2, 0) is 14.2 Å². The fourth-order valence-electron chi connectivity index (χ4n) is 9.33. The number of benzene rings is 4. The molecule has 6 rings (SSSR count). The maximum absolute atomic E-state index is 5.17. The Morgan fingerprint density at radius 1 is 0.571 bits per heavy atom. The predicted octanol–water partition coefficient (Wildman–Crippen LogP) is 11.5. The van der Waals surface area contributed by atoms with E-state index >= 15 is 0 Å². The molecule has 0 spiro atoms. The van der Waals surface area contributed by atoms with Crippen molar-refractivity contribution in [2.45, 2.75) is 65.6 Å². The average molecular weight is 735 g/mol. The Hall–Kier alpha value is -2.55. The first-order valence-electron chi connectivity index (χ1n) is 15.9. The Labute approximate surface area is 250 Å². The van der Waals surface area contributed by atoms with Crippen molar-refractivity contribution in [2.24, 2.45) is 0 Å². The third kappa shape index (κ3) is 3.49. The first kappa shape index (κ1) is 29.5. The van der Waals surface area contributed by atoms with Gasteiger partial charge < -0.3 is 0 Å². The molecule has 0 fully saturated rings. The summed E-state index contributed by atoms with van der Waals surface area (Å²) in [6.45, 7) is 17.2. The van der Waals surface area contributed by atoms with Crippen LogP contribution in [0.2, 0.25) is 16.7 Å². The average Bonchev–Trinajstić information content (AvgIpc) is 3.60. The minimum atomic E-state index is -5.17. The summed E-state index contributed by atoms with van der Waals surface area (Å²) in [5, 5.41) is 0. The molecule has 2 atom stereocenters. The standard InChI is InChI=1S/2C16H13.2C3H7.2CH3.Hf.H2Si/c2*1-12-5-2-8-14(11-12)16-10-4-7-13-6-3-9-15(13)16;2*1-3-2;;;;/h2*2-11H,1H3;2*3H,1-2H3;2*1H3;;1H2. The van der Waals surface area contributed by atoms with Crippen molar-refractivity contribution in [1.29, 1.82) is 0 Å². The van der Waals surface area contributed by atoms with Gasteiger partial charge in [-0.2, -0.15) is 0 Å². The zero-order chi connectivity index (χ0) is 30.2. The molecule has 0 aromatic heterocycles. The molecule has 0 nitrogen and oxygen atoms in total. The van der Waals surface area contributed by atoms with Gasteiger partial charge in [-0.05, 0) is 0 Å². The van der Waals surface area contributed by atoms with Crippen molar-refractivity contribution in [3.05, 3.63) is 130 Å². The zero-order valence-corrected chi connectivity index (χ0v) is 31.9. The zero-order valence-electron chi connectivity index (χ0n) is 26.9. The van der Waals surface area contributed by atoms with Gasteiger partial charge in [0.15, 0.2) is 0 Å². The SMILES string of the molecule is Cc1cccc(-c2cccc3c2C=C[CH]3[Hf]([CH3])([CH3])(=[SiH2])([CH](C)C)([CH](C)C)[CH]2C=Cc3c(-c4cccc(C)c4)cccc32)c1. The van der Waals surface area contributed by atoms with E-state index in [9.17, 15) is 0 Å². The Kier molecular flexibility index (Phi) is 6.16. The Bertz CT molecular complexity index is 1820. The van der Waals surface area contributed by atoms with Crippen LogP contribution in [0.1, 0.15) is 68.4 Å². The van der Waals surface area contributed by atoms with E-state index in [1.54, 1.807) is 11.1 Å². The van der Waals surface area contributed by atoms with Crippen molar-refractivity contribution < 1.29 is 14.2 Å². The Morgan fingerprint density at radius 2 is 0.952 bits per heavy atom. The summed E-state index contributed by atoms with van der Waals surface area (Å²) < 4.78 is 7.61. The molecule has 0 aliphatic heterocycles. The van der Waals surface area contributed by atoms with E-state index in [0.717, 1.165) is 0 Å². The fourth-order valence-corrected chi connectivity index (χ4v) is 50.2. The van der Waals surface area contributed by atoms with Gasteiger partial charge in [0, 0.05) is 0 Å². The first-order valence-corrected chi connectivity index (χ1v) is 39.7. The summed E-state index contributed by atoms with van der Waals surface area (Å²) in [5.74, 6) is 0. The van der Waals surface area contributed by atoms with Gasteiger partial charge in [0.05, 0.1) is 0 Å². The number of fused-ring (bicyclic) bond motifs is 2. The second kappa shape index (κ2) is 8.76. The van der Waals surface area contributed by atoms with E-state index in [1.807, 2.05) is 0 Å². The second-order valence-corrected chi connectivity index (χ2v) is 92.7. The molecule has 216 valence electrons. The van der Waals surface area contributed by atoms with E-state index in [2.05, 4.69) is 167 Å². The Morgan fingerprint density at radius 3 is 1.31 bits per heavy atom. The molecule has 2 heteroatoms. The van der Waals surface area contributed by atoms with Crippen LogP contribution in [0.5, 0.6) is 0 Å². The first-order chi connectivity index (χ1) is 19.7. The van der Waals surface area contributed by atoms with Crippen LogP contribution in [0.4, 0.5) is 0 Å². The summed E-state index contributed by atoms with van der Waals surface area (Å²) >= 11 is -5.17. The second-order valence-electron chi connectivity index (χ2n) is 16.7. The van der Waals surface area contributed by atoms with E-state index in [-0.39, 0.29) is 0 Å². The minimum absolute atomic E-state index is 0.399. The Balaban J connectivity index is 1.65. The van der Waals surface area contributed by atoms with Crippen LogP contribution in [-0.4, -0.2) is 6.94 Å². The molecule has 0 N–H and O–H groups in total. The van der Waals surface area contributed by atoms with Crippen LogP contribution >= 0.6 is 0 Å². The number of hydrogen-bond acceptors (Lipinski definition) is 0. The predicted molar refractivity (Wildman–Crippen MR) is 187 cm³/mol. The summed E-state index contributed by atoms with van der Waals surface area (Å²) in [6.07, 6.45) is 10.3. The van der Waals surface area contributed by atoms with Crippen molar-refractivity contribution >= 4 is 19.1 Å². The third-order valence-electron chi connectivity index (χ3n) is 14.4. The molecule has 2 aliphatic rings. The van der Waals surface area contributed by atoms with Gasteiger partial charge in [-0.15, -0.1) is 0 Å². The van der Waals surface area contributed by atoms with Crippen molar-refractivity contribution in [2.75, 3.05) is 0 Å². The molecule has 4 aromatic rings. The molecule has 42 heavy (non-hydrogen) atoms. The molecule has 0 heterocycles. The van der Waals surface area contributed by atoms with E-state index < -0.39 is 14.2 Å². The van der Waals surface area contributed by atoms with Gasteiger partial charge in [0.25, 0.3) is 0 Å². The van der Waals surface area contributed by atoms with Crippen LogP contribution in [0.3, 0.4) is 0 Å². The molecule has 2 aliphatic carbocycles. The molecule has 0 radical (unpaired) electrons. The van der Waals surface area contributed by atoms with Gasteiger partial charge >= 0.3 is 252 Å². The van der Waals surface area contributed by atoms with Crippen LogP contribution in [0.15, 0.2) is 97.1 Å². The van der Waals surface area contributed by atoms with Crippen LogP contribution in [0, 0.1) is 13.8 Å². The van der Waals surface area contributed by atoms with E-state index in [0.29, 0.717) is 14.7 Å². The molecule has 2 unspecified atom stereocenters. The van der Waals surface area contributed by atoms with Gasteiger partial charge in [-0.3, -0.25) is 0 Å². The topological polar surface area (TPSA) is 0 Å². The van der Waals surface area contributed by atoms with Crippen molar-refractivity contribution in [1.82, 2.24) is 0 Å². The van der Waals surface area contributed by atoms with Gasteiger partial charge in [-0.1, -0.05) is 0 Å². The van der Waals surface area contributed by atoms with E-state index in [1.165, 1.54) is 44.5 Å². The summed E-state index contributed by atoms with van der Waals surface area (Å²) in [5.41, 5.74) is 13.9. The third-order valence-corrected chi connectivity index (χ3v) is 95.3. The van der Waals surface area contributed by atoms with Crippen LogP contribution < -0.4 is 0 Å². The molecule has 4 aromatic carbocycles. The molecular formula is C40H48HfSi. The quantitative estimate of drug-likeness (QED) is 0.173. The molecule has 0 bridgehead atoms. The monoisotopic (exact) mass is 736 g/mol. The summed E-state index contributed by atoms with van der Waals surface area (Å²) in [6, 6.07) is 32.2. The van der Waals surface area contributed by atoms with Crippen molar-refractivity contribution in [3.63, 3.8) is 0 Å². The molecule has 0 saturated heterocycles. The van der Waals surface area contributed by atoms with Gasteiger partial charge in [0.2, 0.25) is 0 Å².